The van der Waals surface area contributed by atoms with Gasteiger partial charge in [-0.15, -0.1) is 18.3 Å². The van der Waals surface area contributed by atoms with Gasteiger partial charge in [0.25, 0.3) is 0 Å². The van der Waals surface area contributed by atoms with Gasteiger partial charge in [-0.05, 0) is 48.4 Å². The average molecular weight is 476 g/mol. The minimum atomic E-state index is -0.434. The second-order valence-corrected chi connectivity index (χ2v) is 9.82. The number of anilines is 1. The highest BCUT2D eigenvalue weighted by molar-refractivity contribution is 8.03. The lowest BCUT2D eigenvalue weighted by Crippen LogP contribution is -2.62. The minimum Gasteiger partial charge on any atom is -0.307 e. The normalized spacial score (nSPS) is 19.9. The van der Waals surface area contributed by atoms with Gasteiger partial charge in [0.1, 0.15) is 6.54 Å². The molecule has 1 saturated heterocycles. The van der Waals surface area contributed by atoms with Gasteiger partial charge in [0, 0.05) is 18.8 Å². The lowest BCUT2D eigenvalue weighted by Gasteiger charge is -2.42. The number of urea groups is 1. The Morgan fingerprint density at radius 2 is 1.71 bits per heavy atom. The number of hydrogen-bond donors (Lipinski definition) is 0. The average Bonchev–Trinajstić information content (AvgIpc) is 3.15. The number of hydrogen-bond acceptors (Lipinski definition) is 4. The number of para-hydroxylation sites is 1. The molecule has 2 aromatic rings. The first kappa shape index (κ1) is 23.8. The second-order valence-electron chi connectivity index (χ2n) is 8.49. The van der Waals surface area contributed by atoms with Crippen LogP contribution in [0.25, 0.3) is 0 Å². The standard InChI is InChI=1S/C27H29N3O3S/c1-4-16-28(22-13-9-6-10-14-22)23(31)18-30-26-24(19(2)20(3)34-26)25(32)29(27(30)33)17-15-21-11-7-5-8-12-21/h4-14,24,26H,1,15-18H2,2-3H3. The number of fused-ring (bicyclic) bond motifs is 1. The van der Waals surface area contributed by atoms with Crippen LogP contribution < -0.4 is 4.90 Å². The summed E-state index contributed by atoms with van der Waals surface area (Å²) in [5.41, 5.74) is 2.77. The summed E-state index contributed by atoms with van der Waals surface area (Å²) < 4.78 is 0. The van der Waals surface area contributed by atoms with Crippen LogP contribution in [0.5, 0.6) is 0 Å². The maximum atomic E-state index is 13.6. The van der Waals surface area contributed by atoms with Gasteiger partial charge < -0.3 is 9.80 Å². The predicted octanol–water partition coefficient (Wildman–Crippen LogP) is 4.70. The highest BCUT2D eigenvalue weighted by atomic mass is 32.2. The maximum absolute atomic E-state index is 13.6. The van der Waals surface area contributed by atoms with E-state index in [2.05, 4.69) is 6.58 Å². The largest absolute Gasteiger partial charge is 0.328 e. The van der Waals surface area contributed by atoms with Crippen LogP contribution in [0.1, 0.15) is 19.4 Å². The molecule has 34 heavy (non-hydrogen) atoms. The molecule has 6 nitrogen and oxygen atoms in total. The van der Waals surface area contributed by atoms with Gasteiger partial charge in [-0.3, -0.25) is 14.5 Å². The molecular weight excluding hydrogens is 446 g/mol. The molecule has 0 N–H and O–H groups in total. The van der Waals surface area contributed by atoms with E-state index in [1.165, 1.54) is 16.7 Å². The molecule has 0 bridgehead atoms. The first-order chi connectivity index (χ1) is 16.4. The van der Waals surface area contributed by atoms with Crippen molar-refractivity contribution in [1.82, 2.24) is 9.80 Å². The molecule has 0 aliphatic carbocycles. The molecule has 2 aromatic carbocycles. The number of nitrogens with zero attached hydrogens (tertiary/aromatic N) is 3. The van der Waals surface area contributed by atoms with Gasteiger partial charge in [-0.2, -0.15) is 0 Å². The van der Waals surface area contributed by atoms with Crippen molar-refractivity contribution in [2.24, 2.45) is 5.92 Å². The van der Waals surface area contributed by atoms with Gasteiger partial charge in [0.05, 0.1) is 11.3 Å². The van der Waals surface area contributed by atoms with E-state index in [-0.39, 0.29) is 24.9 Å². The third kappa shape index (κ3) is 4.66. The zero-order valence-corrected chi connectivity index (χ0v) is 20.3. The molecule has 0 radical (unpaired) electrons. The first-order valence-corrected chi connectivity index (χ1v) is 12.3. The molecule has 1 fully saturated rings. The van der Waals surface area contributed by atoms with E-state index < -0.39 is 17.3 Å². The quantitative estimate of drug-likeness (QED) is 0.520. The van der Waals surface area contributed by atoms with Gasteiger partial charge in [-0.1, -0.05) is 54.6 Å². The monoisotopic (exact) mass is 475 g/mol. The molecular formula is C27H29N3O3S. The van der Waals surface area contributed by atoms with E-state index in [0.29, 0.717) is 13.0 Å². The zero-order valence-electron chi connectivity index (χ0n) is 19.5. The summed E-state index contributed by atoms with van der Waals surface area (Å²) in [6.45, 7) is 8.21. The molecule has 2 aliphatic rings. The van der Waals surface area contributed by atoms with Crippen LogP contribution in [-0.4, -0.2) is 52.7 Å². The Balaban J connectivity index is 1.59. The van der Waals surface area contributed by atoms with Crippen LogP contribution in [0, 0.1) is 5.92 Å². The van der Waals surface area contributed by atoms with Crippen molar-refractivity contribution >= 4 is 35.3 Å². The highest BCUT2D eigenvalue weighted by Gasteiger charge is 2.51. The predicted molar refractivity (Wildman–Crippen MR) is 136 cm³/mol. The van der Waals surface area contributed by atoms with Crippen molar-refractivity contribution in [2.75, 3.05) is 24.5 Å². The smallest absolute Gasteiger partial charge is 0.307 e. The Kier molecular flexibility index (Phi) is 7.22. The van der Waals surface area contributed by atoms with Crippen molar-refractivity contribution in [3.8, 4) is 0 Å². The van der Waals surface area contributed by atoms with Crippen LogP contribution in [-0.2, 0) is 16.0 Å². The molecule has 4 rings (SSSR count). The van der Waals surface area contributed by atoms with E-state index in [1.807, 2.05) is 74.5 Å². The second kappa shape index (κ2) is 10.3. The number of benzene rings is 2. The van der Waals surface area contributed by atoms with Crippen LogP contribution in [0.15, 0.2) is 83.8 Å². The summed E-state index contributed by atoms with van der Waals surface area (Å²) in [4.78, 5) is 46.0. The summed E-state index contributed by atoms with van der Waals surface area (Å²) >= 11 is 1.50. The number of amides is 4. The molecule has 7 heteroatoms. The molecule has 4 amide bonds. The van der Waals surface area contributed by atoms with E-state index in [4.69, 9.17) is 0 Å². The number of carbonyl (C=O) groups excluding carboxylic acids is 3. The minimum absolute atomic E-state index is 0.106. The molecule has 2 aliphatic heterocycles. The Morgan fingerprint density at radius 1 is 1.06 bits per heavy atom. The molecule has 2 heterocycles. The SMILES string of the molecule is C=CCN(C(=O)CN1C(=O)N(CCc2ccccc2)C(=O)C2C(C)=C(C)SC21)c1ccccc1. The number of carbonyl (C=O) groups is 3. The van der Waals surface area contributed by atoms with E-state index in [1.54, 1.807) is 15.9 Å². The third-order valence-corrected chi connectivity index (χ3v) is 7.82. The van der Waals surface area contributed by atoms with Gasteiger partial charge in [-0.25, -0.2) is 4.79 Å². The van der Waals surface area contributed by atoms with E-state index >= 15 is 0 Å². The molecule has 176 valence electrons. The number of imide groups is 1. The van der Waals surface area contributed by atoms with Gasteiger partial charge in [0.15, 0.2) is 0 Å². The molecule has 0 saturated carbocycles. The highest BCUT2D eigenvalue weighted by Crippen LogP contribution is 2.46. The molecule has 2 atom stereocenters. The Labute approximate surface area is 204 Å². The van der Waals surface area contributed by atoms with E-state index in [9.17, 15) is 14.4 Å². The summed E-state index contributed by atoms with van der Waals surface area (Å²) in [5, 5.41) is -0.404. The van der Waals surface area contributed by atoms with Crippen molar-refractivity contribution < 1.29 is 14.4 Å². The lowest BCUT2D eigenvalue weighted by atomic mass is 9.95. The maximum Gasteiger partial charge on any atom is 0.328 e. The number of rotatable bonds is 8. The van der Waals surface area contributed by atoms with Crippen molar-refractivity contribution in [2.45, 2.75) is 25.6 Å². The summed E-state index contributed by atoms with van der Waals surface area (Å²) in [7, 11) is 0. The molecule has 0 spiro atoms. The molecule has 0 aromatic heterocycles. The van der Waals surface area contributed by atoms with Gasteiger partial charge in [0.2, 0.25) is 11.8 Å². The fourth-order valence-corrected chi connectivity index (χ4v) is 5.84. The van der Waals surface area contributed by atoms with Crippen LogP contribution in [0.2, 0.25) is 0 Å². The summed E-state index contributed by atoms with van der Waals surface area (Å²) in [5.74, 6) is -0.822. The lowest BCUT2D eigenvalue weighted by molar-refractivity contribution is -0.136. The van der Waals surface area contributed by atoms with Crippen molar-refractivity contribution in [3.05, 3.63) is 89.4 Å². The topological polar surface area (TPSA) is 60.9 Å². The number of allylic oxidation sites excluding steroid dienone is 1. The van der Waals surface area contributed by atoms with Crippen LogP contribution >= 0.6 is 11.8 Å². The molecule has 2 unspecified atom stereocenters. The fraction of sp³-hybridized carbons (Fsp3) is 0.296. The van der Waals surface area contributed by atoms with Crippen molar-refractivity contribution in [1.29, 1.82) is 0 Å². The van der Waals surface area contributed by atoms with Crippen molar-refractivity contribution in [3.63, 3.8) is 0 Å². The summed E-state index contributed by atoms with van der Waals surface area (Å²) in [6, 6.07) is 18.7. The Hall–Kier alpha value is -3.32. The zero-order chi connectivity index (χ0) is 24.2. The Morgan fingerprint density at radius 3 is 2.35 bits per heavy atom. The van der Waals surface area contributed by atoms with E-state index in [0.717, 1.165) is 21.7 Å². The van der Waals surface area contributed by atoms with Crippen LogP contribution in [0.3, 0.4) is 0 Å². The first-order valence-electron chi connectivity index (χ1n) is 11.4. The third-order valence-electron chi connectivity index (χ3n) is 6.37. The summed E-state index contributed by atoms with van der Waals surface area (Å²) in [6.07, 6.45) is 2.24. The van der Waals surface area contributed by atoms with Gasteiger partial charge >= 0.3 is 6.03 Å². The number of thioether (sulfide) groups is 1. The Bertz CT molecular complexity index is 1120. The van der Waals surface area contributed by atoms with Crippen LogP contribution in [0.4, 0.5) is 10.5 Å². The fourth-order valence-electron chi connectivity index (χ4n) is 4.42.